The highest BCUT2D eigenvalue weighted by Crippen LogP contribution is 2.34. The lowest BCUT2D eigenvalue weighted by Gasteiger charge is -2.32. The van der Waals surface area contributed by atoms with Crippen LogP contribution in [0, 0.1) is 0 Å². The van der Waals surface area contributed by atoms with Gasteiger partial charge in [-0.15, -0.1) is 0 Å². The third kappa shape index (κ3) is 2.38. The highest BCUT2D eigenvalue weighted by Gasteiger charge is 2.34. The molecule has 0 saturated carbocycles. The summed E-state index contributed by atoms with van der Waals surface area (Å²) in [5.74, 6) is 2.30. The lowest BCUT2D eigenvalue weighted by Crippen LogP contribution is -2.38. The van der Waals surface area contributed by atoms with E-state index in [0.717, 1.165) is 23.9 Å². The molecule has 1 fully saturated rings. The molecule has 2 aromatic rings. The number of benzene rings is 1. The molecular weight excluding hydrogens is 280 g/mol. The van der Waals surface area contributed by atoms with Crippen LogP contribution in [0.15, 0.2) is 47.5 Å². The van der Waals surface area contributed by atoms with Gasteiger partial charge in [0.15, 0.2) is 11.0 Å². The Bertz CT molecular complexity index is 713. The van der Waals surface area contributed by atoms with Crippen LogP contribution in [0.5, 0.6) is 0 Å². The first kappa shape index (κ1) is 12.7. The van der Waals surface area contributed by atoms with Gasteiger partial charge in [0.25, 0.3) is 0 Å². The molecule has 0 spiro atoms. The molecule has 5 heteroatoms. The molecule has 1 aromatic carbocycles. The van der Waals surface area contributed by atoms with E-state index in [1.54, 1.807) is 6.07 Å². The van der Waals surface area contributed by atoms with Crippen molar-refractivity contribution in [3.05, 3.63) is 53.6 Å². The highest BCUT2D eigenvalue weighted by molar-refractivity contribution is 8.14. The van der Waals surface area contributed by atoms with Crippen molar-refractivity contribution in [2.75, 3.05) is 11.5 Å². The molecule has 2 N–H and O–H groups in total. The number of nitrogen functional groups attached to an aromatic ring is 1. The van der Waals surface area contributed by atoms with Crippen LogP contribution in [0.3, 0.4) is 0 Å². The van der Waals surface area contributed by atoms with Gasteiger partial charge in [0.05, 0.1) is 0 Å². The first-order valence-electron chi connectivity index (χ1n) is 7.07. The fourth-order valence-corrected chi connectivity index (χ4v) is 4.09. The van der Waals surface area contributed by atoms with E-state index in [0.29, 0.717) is 17.7 Å². The first-order valence-corrected chi connectivity index (χ1v) is 8.05. The van der Waals surface area contributed by atoms with E-state index in [4.69, 9.17) is 10.7 Å². The third-order valence-electron chi connectivity index (χ3n) is 3.97. The molecule has 0 unspecified atom stereocenters. The van der Waals surface area contributed by atoms with Crippen LogP contribution in [0.25, 0.3) is 0 Å². The zero-order valence-corrected chi connectivity index (χ0v) is 12.4. The summed E-state index contributed by atoms with van der Waals surface area (Å²) in [6.07, 6.45) is 1.10. The van der Waals surface area contributed by atoms with E-state index in [-0.39, 0.29) is 0 Å². The number of aliphatic imine (C=N–C) groups is 1. The number of aromatic nitrogens is 1. The molecule has 106 valence electrons. The molecule has 21 heavy (non-hydrogen) atoms. The maximum absolute atomic E-state index is 5.73. The number of hydrogen-bond acceptors (Lipinski definition) is 4. The van der Waals surface area contributed by atoms with Crippen molar-refractivity contribution in [2.45, 2.75) is 19.0 Å². The van der Waals surface area contributed by atoms with Crippen LogP contribution in [-0.4, -0.2) is 26.8 Å². The Morgan fingerprint density at radius 2 is 2.00 bits per heavy atom. The van der Waals surface area contributed by atoms with Crippen LogP contribution in [0.1, 0.15) is 11.1 Å². The van der Waals surface area contributed by atoms with Crippen molar-refractivity contribution in [3.63, 3.8) is 0 Å². The molecule has 0 aliphatic carbocycles. The van der Waals surface area contributed by atoms with Crippen molar-refractivity contribution in [3.8, 4) is 0 Å². The van der Waals surface area contributed by atoms with E-state index in [9.17, 15) is 0 Å². The van der Waals surface area contributed by atoms with E-state index in [1.165, 1.54) is 11.1 Å². The molecule has 4 nitrogen and oxygen atoms in total. The van der Waals surface area contributed by atoms with Gasteiger partial charge in [0, 0.05) is 18.3 Å². The monoisotopic (exact) mass is 296 g/mol. The van der Waals surface area contributed by atoms with Crippen molar-refractivity contribution in [1.82, 2.24) is 9.88 Å². The van der Waals surface area contributed by atoms with Crippen molar-refractivity contribution in [1.29, 1.82) is 0 Å². The summed E-state index contributed by atoms with van der Waals surface area (Å²) < 4.78 is 0. The van der Waals surface area contributed by atoms with E-state index < -0.39 is 0 Å². The number of nitrogens with two attached hydrogens (primary N) is 1. The molecule has 3 heterocycles. The number of thioether (sulfide) groups is 1. The molecular formula is C16H16N4S. The van der Waals surface area contributed by atoms with Gasteiger partial charge < -0.3 is 10.6 Å². The largest absolute Gasteiger partial charge is 0.384 e. The fourth-order valence-electron chi connectivity index (χ4n) is 2.91. The molecule has 1 saturated heterocycles. The number of anilines is 1. The molecule has 1 atom stereocenters. The minimum absolute atomic E-state index is 0.514. The maximum Gasteiger partial charge on any atom is 0.166 e. The summed E-state index contributed by atoms with van der Waals surface area (Å²) in [5, 5.41) is 1.06. The van der Waals surface area contributed by atoms with Gasteiger partial charge in [-0.25, -0.2) is 9.98 Å². The lowest BCUT2D eigenvalue weighted by molar-refractivity contribution is 0.320. The third-order valence-corrected chi connectivity index (χ3v) is 5.11. The summed E-state index contributed by atoms with van der Waals surface area (Å²) >= 11 is 1.81. The highest BCUT2D eigenvalue weighted by atomic mass is 32.2. The fraction of sp³-hybridized carbons (Fsp3) is 0.250. The van der Waals surface area contributed by atoms with Crippen LogP contribution < -0.4 is 5.73 Å². The number of pyridine rings is 1. The zero-order valence-electron chi connectivity index (χ0n) is 11.6. The van der Waals surface area contributed by atoms with Crippen molar-refractivity contribution >= 4 is 28.6 Å². The number of fused-ring (bicyclic) bond motifs is 2. The summed E-state index contributed by atoms with van der Waals surface area (Å²) in [6, 6.07) is 14.8. The Morgan fingerprint density at radius 1 is 1.14 bits per heavy atom. The van der Waals surface area contributed by atoms with Crippen LogP contribution >= 0.6 is 11.8 Å². The van der Waals surface area contributed by atoms with Crippen LogP contribution in [0.2, 0.25) is 0 Å². The van der Waals surface area contributed by atoms with Crippen LogP contribution in [-0.2, 0) is 13.0 Å². The molecule has 0 radical (unpaired) electrons. The topological polar surface area (TPSA) is 54.5 Å². The Hall–Kier alpha value is -2.01. The second-order valence-electron chi connectivity index (χ2n) is 5.38. The Balaban J connectivity index is 1.65. The molecule has 1 aromatic heterocycles. The normalized spacial score (nSPS) is 22.2. The number of hydrogen-bond donors (Lipinski definition) is 1. The van der Waals surface area contributed by atoms with Gasteiger partial charge in [0.1, 0.15) is 5.82 Å². The predicted octanol–water partition coefficient (Wildman–Crippen LogP) is 2.83. The standard InChI is InChI=1S/C16H16N4S/c17-14-6-3-7-15(18-14)19-16-20-9-12-5-2-1-4-11(12)8-13(20)10-21-16/h1-7,13H,8-10H2,(H2,17,18)/t13-/m0/s1. The number of amidine groups is 1. The van der Waals surface area contributed by atoms with Gasteiger partial charge in [-0.2, -0.15) is 0 Å². The van der Waals surface area contributed by atoms with Crippen LogP contribution in [0.4, 0.5) is 11.6 Å². The van der Waals surface area contributed by atoms with Gasteiger partial charge in [-0.05, 0) is 29.7 Å². The van der Waals surface area contributed by atoms with E-state index in [2.05, 4.69) is 34.1 Å². The van der Waals surface area contributed by atoms with Gasteiger partial charge in [-0.3, -0.25) is 0 Å². The van der Waals surface area contributed by atoms with E-state index in [1.807, 2.05) is 23.9 Å². The average Bonchev–Trinajstić information content (AvgIpc) is 2.87. The van der Waals surface area contributed by atoms with Gasteiger partial charge in [0.2, 0.25) is 0 Å². The zero-order chi connectivity index (χ0) is 14.2. The molecule has 0 amide bonds. The molecule has 2 aliphatic rings. The summed E-state index contributed by atoms with van der Waals surface area (Å²) in [5.41, 5.74) is 8.61. The SMILES string of the molecule is Nc1cccc(N=C2SC[C@@H]3Cc4ccccc4CN23)n1. The average molecular weight is 296 g/mol. The van der Waals surface area contributed by atoms with Crippen molar-refractivity contribution in [2.24, 2.45) is 4.99 Å². The first-order chi connectivity index (χ1) is 10.3. The molecule has 2 aliphatic heterocycles. The van der Waals surface area contributed by atoms with Gasteiger partial charge >= 0.3 is 0 Å². The molecule has 0 bridgehead atoms. The Kier molecular flexibility index (Phi) is 3.07. The number of nitrogens with zero attached hydrogens (tertiary/aromatic N) is 3. The smallest absolute Gasteiger partial charge is 0.166 e. The summed E-state index contributed by atoms with van der Waals surface area (Å²) in [4.78, 5) is 11.4. The Morgan fingerprint density at radius 3 is 2.86 bits per heavy atom. The minimum atomic E-state index is 0.514. The second kappa shape index (κ2) is 5.07. The summed E-state index contributed by atoms with van der Waals surface area (Å²) in [7, 11) is 0. The summed E-state index contributed by atoms with van der Waals surface area (Å²) in [6.45, 7) is 0.939. The van der Waals surface area contributed by atoms with Crippen molar-refractivity contribution < 1.29 is 0 Å². The Labute approximate surface area is 128 Å². The van der Waals surface area contributed by atoms with E-state index >= 15 is 0 Å². The predicted molar refractivity (Wildman–Crippen MR) is 87.7 cm³/mol. The van der Waals surface area contributed by atoms with Gasteiger partial charge in [-0.1, -0.05) is 42.1 Å². The number of rotatable bonds is 1. The maximum atomic E-state index is 5.73. The second-order valence-corrected chi connectivity index (χ2v) is 6.37. The minimum Gasteiger partial charge on any atom is -0.384 e. The quantitative estimate of drug-likeness (QED) is 0.879. The lowest BCUT2D eigenvalue weighted by atomic mass is 9.95. The molecule has 4 rings (SSSR count).